The van der Waals surface area contributed by atoms with Gasteiger partial charge in [-0.1, -0.05) is 12.1 Å². The fourth-order valence-corrected chi connectivity index (χ4v) is 2.55. The first-order valence-electron chi connectivity index (χ1n) is 6.21. The molecule has 4 heteroatoms. The number of hydrogen-bond acceptors (Lipinski definition) is 4. The van der Waals surface area contributed by atoms with Crippen molar-refractivity contribution in [3.8, 4) is 5.75 Å². The average molecular weight is 249 g/mol. The van der Waals surface area contributed by atoms with Crippen molar-refractivity contribution in [1.29, 1.82) is 0 Å². The van der Waals surface area contributed by atoms with Crippen LogP contribution in [0.4, 0.5) is 0 Å². The van der Waals surface area contributed by atoms with Crippen molar-refractivity contribution in [3.05, 3.63) is 29.8 Å². The summed E-state index contributed by atoms with van der Waals surface area (Å²) in [7, 11) is 1.67. The summed E-state index contributed by atoms with van der Waals surface area (Å²) < 4.78 is 10.2. The van der Waals surface area contributed by atoms with Gasteiger partial charge in [0.1, 0.15) is 5.75 Å². The van der Waals surface area contributed by atoms with E-state index in [1.165, 1.54) is 5.56 Å². The summed E-state index contributed by atoms with van der Waals surface area (Å²) in [4.78, 5) is 10.4. The summed E-state index contributed by atoms with van der Waals surface area (Å²) in [5.74, 6) is 1.34. The molecule has 0 radical (unpaired) electrons. The monoisotopic (exact) mass is 249 g/mol. The number of carbonyl (C=O) groups excluding carboxylic acids is 1. The van der Waals surface area contributed by atoms with Crippen LogP contribution in [-0.4, -0.2) is 19.3 Å². The van der Waals surface area contributed by atoms with Gasteiger partial charge in [-0.3, -0.25) is 10.5 Å². The zero-order chi connectivity index (χ0) is 13.0. The molecule has 1 aliphatic rings. The van der Waals surface area contributed by atoms with Crippen LogP contribution in [0.5, 0.6) is 5.75 Å². The van der Waals surface area contributed by atoms with Gasteiger partial charge in [-0.25, -0.2) is 0 Å². The normalized spacial score (nSPS) is 27.6. The molecule has 0 aromatic heterocycles. The van der Waals surface area contributed by atoms with Crippen LogP contribution >= 0.6 is 0 Å². The van der Waals surface area contributed by atoms with Crippen LogP contribution in [0.2, 0.25) is 0 Å². The maximum Gasteiger partial charge on any atom is 0.294 e. The predicted octanol–water partition coefficient (Wildman–Crippen LogP) is 2.18. The maximum atomic E-state index is 10.4. The van der Waals surface area contributed by atoms with Gasteiger partial charge < -0.3 is 9.47 Å². The highest BCUT2D eigenvalue weighted by molar-refractivity contribution is 5.38. The van der Waals surface area contributed by atoms with Crippen LogP contribution in [-0.2, 0) is 9.53 Å². The molecule has 1 fully saturated rings. The maximum absolute atomic E-state index is 10.4. The van der Waals surface area contributed by atoms with E-state index in [1.54, 1.807) is 7.11 Å². The van der Waals surface area contributed by atoms with E-state index in [0.29, 0.717) is 25.2 Å². The highest BCUT2D eigenvalue weighted by Gasteiger charge is 2.33. The molecule has 2 rings (SSSR count). The lowest BCUT2D eigenvalue weighted by Gasteiger charge is -2.35. The van der Waals surface area contributed by atoms with Crippen molar-refractivity contribution in [2.45, 2.75) is 37.3 Å². The molecular formula is C14H19NO3. The van der Waals surface area contributed by atoms with Crippen LogP contribution in [0.1, 0.15) is 37.2 Å². The van der Waals surface area contributed by atoms with Crippen molar-refractivity contribution in [2.75, 3.05) is 7.11 Å². The summed E-state index contributed by atoms with van der Waals surface area (Å²) in [5, 5.41) is 0. The van der Waals surface area contributed by atoms with E-state index in [9.17, 15) is 4.79 Å². The lowest BCUT2D eigenvalue weighted by Crippen LogP contribution is -2.45. The molecule has 1 saturated carbocycles. The van der Waals surface area contributed by atoms with Gasteiger partial charge in [-0.15, -0.1) is 0 Å². The Labute approximate surface area is 107 Å². The van der Waals surface area contributed by atoms with Gasteiger partial charge in [0.15, 0.2) is 5.72 Å². The van der Waals surface area contributed by atoms with E-state index in [-0.39, 0.29) is 0 Å². The van der Waals surface area contributed by atoms with Gasteiger partial charge in [-0.2, -0.15) is 0 Å². The quantitative estimate of drug-likeness (QED) is 0.656. The summed E-state index contributed by atoms with van der Waals surface area (Å²) >= 11 is 0. The first-order valence-corrected chi connectivity index (χ1v) is 6.21. The lowest BCUT2D eigenvalue weighted by atomic mass is 9.80. The first-order chi connectivity index (χ1) is 8.67. The number of benzene rings is 1. The van der Waals surface area contributed by atoms with Crippen LogP contribution in [0.3, 0.4) is 0 Å². The van der Waals surface area contributed by atoms with E-state index in [0.717, 1.165) is 18.6 Å². The molecule has 0 atom stereocenters. The molecule has 0 heterocycles. The Hall–Kier alpha value is -1.55. The Morgan fingerprint density at radius 1 is 1.39 bits per heavy atom. The summed E-state index contributed by atoms with van der Waals surface area (Å²) in [6.45, 7) is 0.450. The molecule has 1 aromatic rings. The van der Waals surface area contributed by atoms with Gasteiger partial charge in [0.2, 0.25) is 0 Å². The third-order valence-corrected chi connectivity index (χ3v) is 3.68. The fraction of sp³-hybridized carbons (Fsp3) is 0.500. The summed E-state index contributed by atoms with van der Waals surface area (Å²) in [6.07, 6.45) is 3.26. The second kappa shape index (κ2) is 5.40. The van der Waals surface area contributed by atoms with Crippen molar-refractivity contribution in [1.82, 2.24) is 0 Å². The van der Waals surface area contributed by atoms with Crippen molar-refractivity contribution >= 4 is 6.47 Å². The van der Waals surface area contributed by atoms with Crippen LogP contribution in [0, 0.1) is 0 Å². The first kappa shape index (κ1) is 12.9. The Morgan fingerprint density at radius 2 is 2.11 bits per heavy atom. The molecule has 1 aliphatic carbocycles. The molecule has 4 nitrogen and oxygen atoms in total. The molecule has 0 aliphatic heterocycles. The zero-order valence-electron chi connectivity index (χ0n) is 10.6. The van der Waals surface area contributed by atoms with Crippen LogP contribution in [0.25, 0.3) is 0 Å². The van der Waals surface area contributed by atoms with Gasteiger partial charge >= 0.3 is 0 Å². The van der Waals surface area contributed by atoms with Crippen molar-refractivity contribution < 1.29 is 14.3 Å². The van der Waals surface area contributed by atoms with Gasteiger partial charge in [0.05, 0.1) is 7.11 Å². The number of methoxy groups -OCH3 is 1. The number of rotatable bonds is 4. The molecule has 0 saturated heterocycles. The number of ether oxygens (including phenoxy) is 2. The molecule has 98 valence electrons. The largest absolute Gasteiger partial charge is 0.497 e. The molecule has 2 N–H and O–H groups in total. The van der Waals surface area contributed by atoms with Crippen LogP contribution in [0.15, 0.2) is 24.3 Å². The summed E-state index contributed by atoms with van der Waals surface area (Å²) in [6, 6.07) is 8.11. The van der Waals surface area contributed by atoms with Gasteiger partial charge in [-0.05, 0) is 36.5 Å². The van der Waals surface area contributed by atoms with Crippen LogP contribution < -0.4 is 10.5 Å². The standard InChI is InChI=1S/C14H19NO3/c1-17-13-4-2-3-12(9-13)11-5-7-14(15,8-6-11)18-10-16/h2-4,9-11H,5-8,15H2,1H3. The Kier molecular flexibility index (Phi) is 3.87. The highest BCUT2D eigenvalue weighted by atomic mass is 16.5. The summed E-state index contributed by atoms with van der Waals surface area (Å²) in [5.41, 5.74) is 6.49. The molecular weight excluding hydrogens is 230 g/mol. The van der Waals surface area contributed by atoms with Crippen molar-refractivity contribution in [2.24, 2.45) is 5.73 Å². The lowest BCUT2D eigenvalue weighted by molar-refractivity contribution is -0.146. The predicted molar refractivity (Wildman–Crippen MR) is 68.3 cm³/mol. The fourth-order valence-electron chi connectivity index (χ4n) is 2.55. The Bertz CT molecular complexity index is 411. The number of hydrogen-bond donors (Lipinski definition) is 1. The topological polar surface area (TPSA) is 61.6 Å². The molecule has 18 heavy (non-hydrogen) atoms. The van der Waals surface area contributed by atoms with Crippen molar-refractivity contribution in [3.63, 3.8) is 0 Å². The van der Waals surface area contributed by atoms with E-state index in [4.69, 9.17) is 15.2 Å². The third-order valence-electron chi connectivity index (χ3n) is 3.68. The highest BCUT2D eigenvalue weighted by Crippen LogP contribution is 2.37. The second-order valence-electron chi connectivity index (χ2n) is 4.83. The molecule has 0 amide bonds. The number of nitrogens with two attached hydrogens (primary N) is 1. The van der Waals surface area contributed by atoms with E-state index in [1.807, 2.05) is 12.1 Å². The second-order valence-corrected chi connectivity index (χ2v) is 4.83. The zero-order valence-corrected chi connectivity index (χ0v) is 10.6. The van der Waals surface area contributed by atoms with E-state index < -0.39 is 5.72 Å². The van der Waals surface area contributed by atoms with Gasteiger partial charge in [0.25, 0.3) is 6.47 Å². The minimum Gasteiger partial charge on any atom is -0.497 e. The number of carbonyl (C=O) groups is 1. The SMILES string of the molecule is COc1cccc(C2CCC(N)(OC=O)CC2)c1. The minimum atomic E-state index is -0.767. The molecule has 0 spiro atoms. The average Bonchev–Trinajstić information content (AvgIpc) is 2.40. The Balaban J connectivity index is 2.02. The van der Waals surface area contributed by atoms with E-state index in [2.05, 4.69) is 12.1 Å². The molecule has 0 unspecified atom stereocenters. The minimum absolute atomic E-state index is 0.450. The molecule has 0 bridgehead atoms. The van der Waals surface area contributed by atoms with Gasteiger partial charge in [0, 0.05) is 12.8 Å². The molecule has 1 aromatic carbocycles. The third kappa shape index (κ3) is 2.82. The van der Waals surface area contributed by atoms with E-state index >= 15 is 0 Å². The smallest absolute Gasteiger partial charge is 0.294 e. The Morgan fingerprint density at radius 3 is 2.72 bits per heavy atom.